The van der Waals surface area contributed by atoms with Gasteiger partial charge in [-0.3, -0.25) is 0 Å². The highest BCUT2D eigenvalue weighted by Crippen LogP contribution is 2.26. The highest BCUT2D eigenvalue weighted by atomic mass is 35.5. The second kappa shape index (κ2) is 6.77. The average Bonchev–Trinajstić information content (AvgIpc) is 2.36. The van der Waals surface area contributed by atoms with Crippen LogP contribution in [0.1, 0.15) is 57.7 Å². The van der Waals surface area contributed by atoms with Crippen LogP contribution in [-0.4, -0.2) is 23.3 Å². The lowest BCUT2D eigenvalue weighted by Gasteiger charge is -2.32. The maximum absolute atomic E-state index is 6.08. The number of pyridine rings is 1. The smallest absolute Gasteiger partial charge is 0.214 e. The van der Waals surface area contributed by atoms with Gasteiger partial charge in [-0.15, -0.1) is 11.6 Å². The van der Waals surface area contributed by atoms with E-state index in [-0.39, 0.29) is 18.3 Å². The van der Waals surface area contributed by atoms with Crippen molar-refractivity contribution in [2.45, 2.75) is 70.6 Å². The van der Waals surface area contributed by atoms with Crippen LogP contribution in [0.4, 0.5) is 0 Å². The van der Waals surface area contributed by atoms with Crippen LogP contribution in [0.3, 0.4) is 0 Å². The van der Waals surface area contributed by atoms with Crippen LogP contribution in [0.2, 0.25) is 0 Å². The number of aromatic nitrogens is 1. The van der Waals surface area contributed by atoms with Gasteiger partial charge < -0.3 is 9.47 Å². The van der Waals surface area contributed by atoms with E-state index < -0.39 is 0 Å². The van der Waals surface area contributed by atoms with Crippen LogP contribution in [0.5, 0.6) is 5.88 Å². The molecule has 0 saturated carbocycles. The van der Waals surface area contributed by atoms with E-state index in [0.717, 1.165) is 24.1 Å². The third-order valence-electron chi connectivity index (χ3n) is 3.57. The normalized spacial score (nSPS) is 26.8. The second-order valence-electron chi connectivity index (χ2n) is 6.00. The van der Waals surface area contributed by atoms with Crippen molar-refractivity contribution < 1.29 is 9.47 Å². The molecule has 112 valence electrons. The lowest BCUT2D eigenvalue weighted by Crippen LogP contribution is -2.35. The number of alkyl halides is 1. The Bertz CT molecular complexity index is 440. The van der Waals surface area contributed by atoms with E-state index in [1.54, 1.807) is 0 Å². The molecule has 2 unspecified atom stereocenters. The molecule has 20 heavy (non-hydrogen) atoms. The van der Waals surface area contributed by atoms with E-state index in [0.29, 0.717) is 17.7 Å². The highest BCUT2D eigenvalue weighted by molar-refractivity contribution is 6.17. The van der Waals surface area contributed by atoms with E-state index in [9.17, 15) is 0 Å². The fraction of sp³-hybridized carbons (Fsp3) is 0.688. The zero-order valence-electron chi connectivity index (χ0n) is 12.7. The molecule has 0 aliphatic carbocycles. The molecule has 0 aromatic carbocycles. The predicted octanol–water partition coefficient (Wildman–Crippen LogP) is 4.28. The van der Waals surface area contributed by atoms with Gasteiger partial charge in [0.25, 0.3) is 0 Å². The lowest BCUT2D eigenvalue weighted by atomic mass is 10.0. The summed E-state index contributed by atoms with van der Waals surface area (Å²) >= 11 is 5.96. The van der Waals surface area contributed by atoms with E-state index in [4.69, 9.17) is 21.1 Å². The van der Waals surface area contributed by atoms with Crippen molar-refractivity contribution in [1.82, 2.24) is 4.98 Å². The number of rotatable bonds is 4. The Kier molecular flexibility index (Phi) is 5.28. The molecule has 0 N–H and O–H groups in total. The van der Waals surface area contributed by atoms with Crippen LogP contribution < -0.4 is 4.74 Å². The third kappa shape index (κ3) is 4.10. The molecule has 2 heterocycles. The van der Waals surface area contributed by atoms with Gasteiger partial charge in [0.1, 0.15) is 6.10 Å². The van der Waals surface area contributed by atoms with E-state index in [1.807, 2.05) is 6.07 Å². The minimum absolute atomic E-state index is 0.173. The molecule has 0 bridgehead atoms. The molecule has 4 heteroatoms. The Morgan fingerprint density at radius 2 is 1.95 bits per heavy atom. The van der Waals surface area contributed by atoms with Crippen molar-refractivity contribution >= 4 is 11.6 Å². The fourth-order valence-corrected chi connectivity index (χ4v) is 2.78. The summed E-state index contributed by atoms with van der Waals surface area (Å²) in [5, 5.41) is 0. The van der Waals surface area contributed by atoms with Crippen molar-refractivity contribution in [3.63, 3.8) is 0 Å². The van der Waals surface area contributed by atoms with Crippen molar-refractivity contribution in [1.29, 1.82) is 0 Å². The van der Waals surface area contributed by atoms with Crippen LogP contribution >= 0.6 is 11.6 Å². The summed E-state index contributed by atoms with van der Waals surface area (Å²) in [5.74, 6) is 1.55. The zero-order chi connectivity index (χ0) is 14.7. The third-order valence-corrected chi connectivity index (χ3v) is 3.88. The van der Waals surface area contributed by atoms with Gasteiger partial charge in [0.15, 0.2) is 0 Å². The standard InChI is InChI=1S/C16H24ClNO2/c1-10(2)15-7-13(9-17)8-16(18-15)20-14-5-11(3)19-12(4)6-14/h7-8,10-12,14H,5-6,9H2,1-4H3. The summed E-state index contributed by atoms with van der Waals surface area (Å²) < 4.78 is 11.8. The maximum Gasteiger partial charge on any atom is 0.214 e. The van der Waals surface area contributed by atoms with Gasteiger partial charge in [-0.05, 0) is 31.4 Å². The molecule has 1 saturated heterocycles. The number of hydrogen-bond donors (Lipinski definition) is 0. The summed E-state index contributed by atoms with van der Waals surface area (Å²) in [6, 6.07) is 4.00. The topological polar surface area (TPSA) is 31.4 Å². The first-order valence-electron chi connectivity index (χ1n) is 7.37. The Morgan fingerprint density at radius 3 is 2.50 bits per heavy atom. The molecule has 2 atom stereocenters. The van der Waals surface area contributed by atoms with Crippen LogP contribution in [0.15, 0.2) is 12.1 Å². The van der Waals surface area contributed by atoms with Crippen molar-refractivity contribution in [3.8, 4) is 5.88 Å². The summed E-state index contributed by atoms with van der Waals surface area (Å²) in [4.78, 5) is 4.60. The van der Waals surface area contributed by atoms with Gasteiger partial charge in [-0.25, -0.2) is 4.98 Å². The minimum atomic E-state index is 0.173. The highest BCUT2D eigenvalue weighted by Gasteiger charge is 2.26. The monoisotopic (exact) mass is 297 g/mol. The molecular weight excluding hydrogens is 274 g/mol. The van der Waals surface area contributed by atoms with Crippen LogP contribution in [0.25, 0.3) is 0 Å². The molecule has 1 fully saturated rings. The van der Waals surface area contributed by atoms with Crippen molar-refractivity contribution in [3.05, 3.63) is 23.4 Å². The molecule has 1 aliphatic rings. The summed E-state index contributed by atoms with van der Waals surface area (Å²) in [5.41, 5.74) is 2.10. The Hall–Kier alpha value is -0.800. The SMILES string of the molecule is CC1CC(Oc2cc(CCl)cc(C(C)C)n2)CC(C)O1. The predicted molar refractivity (Wildman–Crippen MR) is 81.5 cm³/mol. The number of nitrogens with zero attached hydrogens (tertiary/aromatic N) is 1. The molecule has 1 aliphatic heterocycles. The minimum Gasteiger partial charge on any atom is -0.474 e. The first-order valence-corrected chi connectivity index (χ1v) is 7.90. The lowest BCUT2D eigenvalue weighted by molar-refractivity contribution is -0.0730. The zero-order valence-corrected chi connectivity index (χ0v) is 13.5. The number of halogens is 1. The van der Waals surface area contributed by atoms with Gasteiger partial charge >= 0.3 is 0 Å². The van der Waals surface area contributed by atoms with Gasteiger partial charge in [0, 0.05) is 30.5 Å². The van der Waals surface area contributed by atoms with E-state index in [2.05, 4.69) is 38.7 Å². The Labute approximate surface area is 126 Å². The average molecular weight is 298 g/mol. The molecule has 0 spiro atoms. The first kappa shape index (κ1) is 15.6. The van der Waals surface area contributed by atoms with Gasteiger partial charge in [0.2, 0.25) is 5.88 Å². The van der Waals surface area contributed by atoms with E-state index >= 15 is 0 Å². The molecule has 0 radical (unpaired) electrons. The molecule has 1 aromatic heterocycles. The fourth-order valence-electron chi connectivity index (χ4n) is 2.63. The Morgan fingerprint density at radius 1 is 1.30 bits per heavy atom. The van der Waals surface area contributed by atoms with Crippen LogP contribution in [0, 0.1) is 0 Å². The Balaban J connectivity index is 2.13. The maximum atomic E-state index is 6.08. The van der Waals surface area contributed by atoms with Gasteiger partial charge in [-0.1, -0.05) is 13.8 Å². The van der Waals surface area contributed by atoms with Gasteiger partial charge in [0.05, 0.1) is 12.2 Å². The largest absolute Gasteiger partial charge is 0.474 e. The van der Waals surface area contributed by atoms with Crippen molar-refractivity contribution in [2.24, 2.45) is 0 Å². The molecule has 3 nitrogen and oxygen atoms in total. The molecule has 0 amide bonds. The molecule has 1 aromatic rings. The van der Waals surface area contributed by atoms with E-state index in [1.165, 1.54) is 0 Å². The molecule has 2 rings (SSSR count). The van der Waals surface area contributed by atoms with Gasteiger partial charge in [-0.2, -0.15) is 0 Å². The summed E-state index contributed by atoms with van der Waals surface area (Å²) in [6.07, 6.45) is 2.48. The molecular formula is C16H24ClNO2. The second-order valence-corrected chi connectivity index (χ2v) is 6.26. The van der Waals surface area contributed by atoms with Crippen LogP contribution in [-0.2, 0) is 10.6 Å². The number of ether oxygens (including phenoxy) is 2. The first-order chi connectivity index (χ1) is 9.47. The van der Waals surface area contributed by atoms with Crippen molar-refractivity contribution in [2.75, 3.05) is 0 Å². The summed E-state index contributed by atoms with van der Waals surface area (Å²) in [7, 11) is 0. The summed E-state index contributed by atoms with van der Waals surface area (Å²) in [6.45, 7) is 8.44. The number of hydrogen-bond acceptors (Lipinski definition) is 3. The quantitative estimate of drug-likeness (QED) is 0.777.